The molecule has 3 aliphatic rings. The average molecular weight is 369 g/mol. The number of benzene rings is 1. The fraction of sp³-hybridized carbons (Fsp3) is 0.571. The van der Waals surface area contributed by atoms with Crippen molar-refractivity contribution in [2.75, 3.05) is 13.1 Å². The van der Waals surface area contributed by atoms with Gasteiger partial charge < -0.3 is 15.5 Å². The fourth-order valence-corrected chi connectivity index (χ4v) is 5.17. The molecule has 0 aliphatic carbocycles. The number of rotatable bonds is 3. The van der Waals surface area contributed by atoms with Crippen LogP contribution in [0.1, 0.15) is 55.2 Å². The molecule has 0 saturated carbocycles. The Kier molecular flexibility index (Phi) is 4.66. The number of nitrogens with zero attached hydrogens (tertiary/aromatic N) is 2. The maximum absolute atomic E-state index is 13.6. The zero-order valence-electron chi connectivity index (χ0n) is 15.7. The lowest BCUT2D eigenvalue weighted by Crippen LogP contribution is -2.58. The molecule has 3 aliphatic heterocycles. The molecule has 0 aromatic heterocycles. The van der Waals surface area contributed by atoms with E-state index in [2.05, 4.69) is 0 Å². The van der Waals surface area contributed by atoms with Gasteiger partial charge in [-0.2, -0.15) is 0 Å². The Labute approximate surface area is 159 Å². The molecule has 1 atom stereocenters. The predicted molar refractivity (Wildman–Crippen MR) is 101 cm³/mol. The van der Waals surface area contributed by atoms with Crippen LogP contribution in [-0.2, 0) is 33.8 Å². The van der Waals surface area contributed by atoms with Crippen LogP contribution >= 0.6 is 0 Å². The summed E-state index contributed by atoms with van der Waals surface area (Å²) in [6, 6.07) is 5.91. The zero-order chi connectivity index (χ0) is 19.0. The van der Waals surface area contributed by atoms with Crippen molar-refractivity contribution in [3.8, 4) is 0 Å². The molecule has 0 spiro atoms. The standard InChI is InChI=1S/C21H27N3O3/c22-18(25)13-15-5-3-6-16-14-23(12-8-17(15)16)20(27)21-9-2-1-7-19(26)24(21)11-4-10-21/h3,5-6H,1-2,4,7-14H2,(H2,22,25). The van der Waals surface area contributed by atoms with Gasteiger partial charge in [0.25, 0.3) is 0 Å². The lowest BCUT2D eigenvalue weighted by molar-refractivity contribution is -0.151. The molecular weight excluding hydrogens is 342 g/mol. The molecule has 6 nitrogen and oxygen atoms in total. The summed E-state index contributed by atoms with van der Waals surface area (Å²) in [4.78, 5) is 41.3. The Morgan fingerprint density at radius 2 is 1.89 bits per heavy atom. The Morgan fingerprint density at radius 1 is 1.07 bits per heavy atom. The highest BCUT2D eigenvalue weighted by molar-refractivity contribution is 5.92. The summed E-state index contributed by atoms with van der Waals surface area (Å²) < 4.78 is 0. The van der Waals surface area contributed by atoms with E-state index in [1.165, 1.54) is 0 Å². The van der Waals surface area contributed by atoms with E-state index in [9.17, 15) is 14.4 Å². The second kappa shape index (κ2) is 6.98. The molecule has 2 N–H and O–H groups in total. The molecule has 144 valence electrons. The zero-order valence-corrected chi connectivity index (χ0v) is 15.7. The highest BCUT2D eigenvalue weighted by Gasteiger charge is 2.51. The molecule has 1 aromatic carbocycles. The SMILES string of the molecule is NC(=O)Cc1cccc2c1CCN(C(=O)C13CCCCC(=O)N1CCC3)C2. The van der Waals surface area contributed by atoms with Crippen molar-refractivity contribution in [3.63, 3.8) is 0 Å². The molecule has 3 heterocycles. The first-order valence-corrected chi connectivity index (χ1v) is 9.99. The summed E-state index contributed by atoms with van der Waals surface area (Å²) in [6.45, 7) is 1.88. The van der Waals surface area contributed by atoms with Crippen molar-refractivity contribution in [2.24, 2.45) is 5.73 Å². The van der Waals surface area contributed by atoms with Gasteiger partial charge in [-0.3, -0.25) is 14.4 Å². The van der Waals surface area contributed by atoms with Crippen molar-refractivity contribution >= 4 is 17.7 Å². The van der Waals surface area contributed by atoms with Crippen molar-refractivity contribution in [2.45, 2.75) is 63.5 Å². The highest BCUT2D eigenvalue weighted by atomic mass is 16.2. The van der Waals surface area contributed by atoms with Crippen molar-refractivity contribution in [1.29, 1.82) is 0 Å². The van der Waals surface area contributed by atoms with Crippen LogP contribution in [0.5, 0.6) is 0 Å². The minimum Gasteiger partial charge on any atom is -0.369 e. The van der Waals surface area contributed by atoms with Gasteiger partial charge in [-0.15, -0.1) is 0 Å². The summed E-state index contributed by atoms with van der Waals surface area (Å²) in [7, 11) is 0. The van der Waals surface area contributed by atoms with Crippen LogP contribution in [0.2, 0.25) is 0 Å². The van der Waals surface area contributed by atoms with Crippen LogP contribution in [0.25, 0.3) is 0 Å². The molecule has 3 amide bonds. The predicted octanol–water partition coefficient (Wildman–Crippen LogP) is 1.53. The second-order valence-corrected chi connectivity index (χ2v) is 8.06. The highest BCUT2D eigenvalue weighted by Crippen LogP contribution is 2.39. The van der Waals surface area contributed by atoms with Gasteiger partial charge in [0.05, 0.1) is 6.42 Å². The van der Waals surface area contributed by atoms with Gasteiger partial charge in [0.1, 0.15) is 5.54 Å². The van der Waals surface area contributed by atoms with E-state index in [-0.39, 0.29) is 24.1 Å². The first-order valence-electron chi connectivity index (χ1n) is 9.99. The Balaban J connectivity index is 1.59. The number of amides is 3. The van der Waals surface area contributed by atoms with Gasteiger partial charge in [0.15, 0.2) is 0 Å². The van der Waals surface area contributed by atoms with E-state index in [0.717, 1.165) is 55.2 Å². The summed E-state index contributed by atoms with van der Waals surface area (Å²) in [5, 5.41) is 0. The maximum atomic E-state index is 13.6. The lowest BCUT2D eigenvalue weighted by Gasteiger charge is -2.41. The third-order valence-corrected chi connectivity index (χ3v) is 6.43. The Bertz CT molecular complexity index is 791. The fourth-order valence-electron chi connectivity index (χ4n) is 5.17. The minimum absolute atomic E-state index is 0.112. The summed E-state index contributed by atoms with van der Waals surface area (Å²) in [6.07, 6.45) is 5.81. The van der Waals surface area contributed by atoms with Crippen LogP contribution in [0, 0.1) is 0 Å². The van der Waals surface area contributed by atoms with Crippen molar-refractivity contribution in [3.05, 3.63) is 34.9 Å². The second-order valence-electron chi connectivity index (χ2n) is 8.06. The molecule has 4 rings (SSSR count). The molecule has 2 saturated heterocycles. The van der Waals surface area contributed by atoms with Crippen molar-refractivity contribution < 1.29 is 14.4 Å². The molecule has 27 heavy (non-hydrogen) atoms. The Morgan fingerprint density at radius 3 is 2.70 bits per heavy atom. The lowest BCUT2D eigenvalue weighted by atomic mass is 9.87. The van der Waals surface area contributed by atoms with Crippen LogP contribution in [0.3, 0.4) is 0 Å². The topological polar surface area (TPSA) is 83.7 Å². The number of carbonyl (C=O) groups is 3. The molecule has 0 radical (unpaired) electrons. The van der Waals surface area contributed by atoms with E-state index in [1.807, 2.05) is 28.0 Å². The van der Waals surface area contributed by atoms with E-state index >= 15 is 0 Å². The average Bonchev–Trinajstić information content (AvgIpc) is 3.02. The minimum atomic E-state index is -0.629. The summed E-state index contributed by atoms with van der Waals surface area (Å²) >= 11 is 0. The smallest absolute Gasteiger partial charge is 0.248 e. The molecule has 6 heteroatoms. The number of primary amides is 1. The van der Waals surface area contributed by atoms with E-state index in [4.69, 9.17) is 5.73 Å². The van der Waals surface area contributed by atoms with Crippen molar-refractivity contribution in [1.82, 2.24) is 9.80 Å². The number of hydrogen-bond acceptors (Lipinski definition) is 3. The molecule has 1 aromatic rings. The van der Waals surface area contributed by atoms with Gasteiger partial charge in [0.2, 0.25) is 17.7 Å². The maximum Gasteiger partial charge on any atom is 0.248 e. The number of fused-ring (bicyclic) bond motifs is 2. The van der Waals surface area contributed by atoms with Gasteiger partial charge in [-0.1, -0.05) is 24.6 Å². The molecule has 0 bridgehead atoms. The quantitative estimate of drug-likeness (QED) is 0.877. The van der Waals surface area contributed by atoms with Crippen LogP contribution < -0.4 is 5.73 Å². The van der Waals surface area contributed by atoms with Crippen LogP contribution in [0.15, 0.2) is 18.2 Å². The largest absolute Gasteiger partial charge is 0.369 e. The monoisotopic (exact) mass is 369 g/mol. The first kappa shape index (κ1) is 18.0. The van der Waals surface area contributed by atoms with Gasteiger partial charge in [0, 0.05) is 26.1 Å². The third kappa shape index (κ3) is 3.11. The first-order chi connectivity index (χ1) is 13.0. The summed E-state index contributed by atoms with van der Waals surface area (Å²) in [5.41, 5.74) is 7.96. The van der Waals surface area contributed by atoms with E-state index in [1.54, 1.807) is 0 Å². The molecule has 2 fully saturated rings. The molecule has 1 unspecified atom stereocenters. The van der Waals surface area contributed by atoms with Gasteiger partial charge in [-0.05, 0) is 48.8 Å². The number of carbonyl (C=O) groups excluding carboxylic acids is 3. The number of hydrogen-bond donors (Lipinski definition) is 1. The third-order valence-electron chi connectivity index (χ3n) is 6.43. The van der Waals surface area contributed by atoms with Crippen LogP contribution in [-0.4, -0.2) is 46.1 Å². The van der Waals surface area contributed by atoms with Gasteiger partial charge >= 0.3 is 0 Å². The van der Waals surface area contributed by atoms with E-state index < -0.39 is 5.54 Å². The van der Waals surface area contributed by atoms with Gasteiger partial charge in [-0.25, -0.2) is 0 Å². The Hall–Kier alpha value is -2.37. The van der Waals surface area contributed by atoms with Crippen LogP contribution in [0.4, 0.5) is 0 Å². The van der Waals surface area contributed by atoms with E-state index in [0.29, 0.717) is 26.1 Å². The summed E-state index contributed by atoms with van der Waals surface area (Å²) in [5.74, 6) is -0.0833. The number of nitrogens with two attached hydrogens (primary N) is 1. The molecular formula is C21H27N3O3. The normalized spacial score (nSPS) is 25.0.